The van der Waals surface area contributed by atoms with E-state index in [0.29, 0.717) is 34.2 Å². The van der Waals surface area contributed by atoms with E-state index >= 15 is 0 Å². The summed E-state index contributed by atoms with van der Waals surface area (Å²) in [5.41, 5.74) is 1.77. The van der Waals surface area contributed by atoms with Crippen LogP contribution in [0.3, 0.4) is 0 Å². The molecule has 0 radical (unpaired) electrons. The zero-order valence-electron chi connectivity index (χ0n) is 26.1. The molecule has 1 aliphatic rings. The molecule has 3 aromatic rings. The molecule has 0 aliphatic carbocycles. The van der Waals surface area contributed by atoms with Gasteiger partial charge >= 0.3 is 6.03 Å². The van der Waals surface area contributed by atoms with Gasteiger partial charge in [0.25, 0.3) is 5.91 Å². The van der Waals surface area contributed by atoms with Crippen LogP contribution in [0.5, 0.6) is 23.0 Å². The molecular weight excluding hydrogens is 560 g/mol. The van der Waals surface area contributed by atoms with Gasteiger partial charge in [-0.3, -0.25) is 4.79 Å². The van der Waals surface area contributed by atoms with Gasteiger partial charge in [-0.1, -0.05) is 13.8 Å². The fourth-order valence-corrected chi connectivity index (χ4v) is 4.96. The smallest absolute Gasteiger partial charge is 0.319 e. The summed E-state index contributed by atoms with van der Waals surface area (Å²) in [7, 11) is 3.27. The van der Waals surface area contributed by atoms with Gasteiger partial charge < -0.3 is 39.8 Å². The molecule has 3 N–H and O–H groups in total. The summed E-state index contributed by atoms with van der Waals surface area (Å²) in [6.07, 6.45) is 3.84. The van der Waals surface area contributed by atoms with E-state index < -0.39 is 0 Å². The van der Waals surface area contributed by atoms with Crippen molar-refractivity contribution in [2.45, 2.75) is 51.7 Å². The summed E-state index contributed by atoms with van der Waals surface area (Å²) >= 11 is 0. The molecule has 44 heavy (non-hydrogen) atoms. The van der Waals surface area contributed by atoms with Gasteiger partial charge in [0, 0.05) is 55.8 Å². The number of benzene rings is 3. The number of rotatable bonds is 14. The van der Waals surface area contributed by atoms with Crippen molar-refractivity contribution < 1.29 is 28.5 Å². The molecular formula is C34H44N4O6. The summed E-state index contributed by atoms with van der Waals surface area (Å²) in [6, 6.07) is 19.4. The highest BCUT2D eigenvalue weighted by atomic mass is 16.5. The molecule has 1 saturated heterocycles. The molecule has 0 atom stereocenters. The number of carbonyl (C=O) groups excluding carboxylic acids is 2. The van der Waals surface area contributed by atoms with Crippen molar-refractivity contribution in [3.8, 4) is 23.0 Å². The van der Waals surface area contributed by atoms with E-state index in [1.54, 1.807) is 68.8 Å². The maximum absolute atomic E-state index is 12.8. The van der Waals surface area contributed by atoms with Crippen LogP contribution in [0.25, 0.3) is 0 Å². The van der Waals surface area contributed by atoms with Crippen molar-refractivity contribution in [2.75, 3.05) is 51.1 Å². The van der Waals surface area contributed by atoms with Crippen LogP contribution in [0.2, 0.25) is 0 Å². The predicted molar refractivity (Wildman–Crippen MR) is 172 cm³/mol. The monoisotopic (exact) mass is 604 g/mol. The van der Waals surface area contributed by atoms with Crippen LogP contribution in [0.1, 0.15) is 49.9 Å². The first-order valence-electron chi connectivity index (χ1n) is 15.2. The number of hydrogen-bond acceptors (Lipinski definition) is 7. The molecule has 10 heteroatoms. The zero-order valence-corrected chi connectivity index (χ0v) is 26.1. The van der Waals surface area contributed by atoms with E-state index in [1.807, 2.05) is 26.0 Å². The Bertz CT molecular complexity index is 1340. The summed E-state index contributed by atoms with van der Waals surface area (Å²) in [5, 5.41) is 8.70. The minimum Gasteiger partial charge on any atom is -0.493 e. The third-order valence-electron chi connectivity index (χ3n) is 7.65. The normalized spacial score (nSPS) is 13.8. The maximum Gasteiger partial charge on any atom is 0.319 e. The zero-order chi connectivity index (χ0) is 31.3. The van der Waals surface area contributed by atoms with E-state index in [4.69, 9.17) is 18.9 Å². The lowest BCUT2D eigenvalue weighted by Gasteiger charge is -2.31. The van der Waals surface area contributed by atoms with E-state index in [9.17, 15) is 9.59 Å². The Balaban J connectivity index is 1.27. The second-order valence-electron chi connectivity index (χ2n) is 10.7. The Kier molecular flexibility index (Phi) is 12.3. The number of ether oxygens (including phenoxy) is 4. The molecule has 1 fully saturated rings. The molecule has 236 valence electrons. The van der Waals surface area contributed by atoms with Gasteiger partial charge in [-0.15, -0.1) is 0 Å². The lowest BCUT2D eigenvalue weighted by Crippen LogP contribution is -2.39. The molecule has 0 bridgehead atoms. The first-order valence-corrected chi connectivity index (χ1v) is 15.2. The molecule has 0 spiro atoms. The number of hydrogen-bond donors (Lipinski definition) is 3. The van der Waals surface area contributed by atoms with Crippen LogP contribution in [0.4, 0.5) is 16.2 Å². The van der Waals surface area contributed by atoms with Crippen LogP contribution in [-0.4, -0.2) is 69.4 Å². The van der Waals surface area contributed by atoms with Crippen molar-refractivity contribution in [1.82, 2.24) is 10.2 Å². The molecule has 3 aromatic carbocycles. The first-order chi connectivity index (χ1) is 21.4. The third-order valence-corrected chi connectivity index (χ3v) is 7.65. The lowest BCUT2D eigenvalue weighted by molar-refractivity contribution is 0.0797. The third kappa shape index (κ3) is 9.62. The van der Waals surface area contributed by atoms with Crippen molar-refractivity contribution in [3.05, 3.63) is 72.3 Å². The van der Waals surface area contributed by atoms with Gasteiger partial charge in [-0.05, 0) is 86.3 Å². The lowest BCUT2D eigenvalue weighted by atomic mass is 10.1. The fourth-order valence-electron chi connectivity index (χ4n) is 4.96. The number of urea groups is 1. The van der Waals surface area contributed by atoms with E-state index in [2.05, 4.69) is 20.9 Å². The van der Waals surface area contributed by atoms with Crippen molar-refractivity contribution in [3.63, 3.8) is 0 Å². The van der Waals surface area contributed by atoms with Gasteiger partial charge in [-0.25, -0.2) is 4.79 Å². The fraction of sp³-hybridized carbons (Fsp3) is 0.412. The Hall–Kier alpha value is -4.28. The highest BCUT2D eigenvalue weighted by molar-refractivity contribution is 6.04. The Morgan fingerprint density at radius 3 is 2.14 bits per heavy atom. The molecule has 0 unspecified atom stereocenters. The van der Waals surface area contributed by atoms with Crippen LogP contribution in [0.15, 0.2) is 66.7 Å². The maximum atomic E-state index is 12.8. The number of carbonyl (C=O) groups is 2. The largest absolute Gasteiger partial charge is 0.493 e. The number of nitrogens with zero attached hydrogens (tertiary/aromatic N) is 1. The molecule has 10 nitrogen and oxygen atoms in total. The molecule has 1 heterocycles. The minimum atomic E-state index is -0.262. The van der Waals surface area contributed by atoms with Gasteiger partial charge in [-0.2, -0.15) is 0 Å². The van der Waals surface area contributed by atoms with E-state index in [-0.39, 0.29) is 24.1 Å². The number of methoxy groups -OCH3 is 2. The van der Waals surface area contributed by atoms with Gasteiger partial charge in [0.15, 0.2) is 11.5 Å². The highest BCUT2D eigenvalue weighted by Crippen LogP contribution is 2.34. The van der Waals surface area contributed by atoms with Crippen LogP contribution in [0, 0.1) is 0 Å². The quantitative estimate of drug-likeness (QED) is 0.192. The van der Waals surface area contributed by atoms with E-state index in [1.165, 1.54) is 0 Å². The van der Waals surface area contributed by atoms with Gasteiger partial charge in [0.1, 0.15) is 17.6 Å². The minimum absolute atomic E-state index is 0.123. The molecule has 1 aliphatic heterocycles. The van der Waals surface area contributed by atoms with E-state index in [0.717, 1.165) is 57.7 Å². The predicted octanol–water partition coefficient (Wildman–Crippen LogP) is 6.54. The Morgan fingerprint density at radius 1 is 0.841 bits per heavy atom. The second-order valence-corrected chi connectivity index (χ2v) is 10.7. The average Bonchev–Trinajstić information content (AvgIpc) is 3.05. The molecule has 4 rings (SSSR count). The van der Waals surface area contributed by atoms with Crippen molar-refractivity contribution in [2.24, 2.45) is 0 Å². The number of piperidine rings is 1. The van der Waals surface area contributed by atoms with Crippen molar-refractivity contribution >= 4 is 23.3 Å². The number of anilines is 2. The van der Waals surface area contributed by atoms with Gasteiger partial charge in [0.2, 0.25) is 0 Å². The average molecular weight is 605 g/mol. The molecule has 0 aromatic heterocycles. The van der Waals surface area contributed by atoms with Gasteiger partial charge in [0.05, 0.1) is 13.7 Å². The summed E-state index contributed by atoms with van der Waals surface area (Å²) in [6.45, 7) is 7.76. The number of likely N-dealkylation sites (tertiary alicyclic amines) is 1. The second kappa shape index (κ2) is 16.5. The van der Waals surface area contributed by atoms with Crippen LogP contribution < -0.4 is 30.2 Å². The Morgan fingerprint density at radius 2 is 1.50 bits per heavy atom. The molecule has 0 saturated carbocycles. The van der Waals surface area contributed by atoms with Crippen LogP contribution >= 0.6 is 0 Å². The topological polar surface area (TPSA) is 110 Å². The summed E-state index contributed by atoms with van der Waals surface area (Å²) < 4.78 is 22.8. The standard InChI is InChI=1S/C34H44N4O6/c1-5-25(6-2)36-34(40)37-27-11-16-31(32(23-27)42-4)44-29-14-9-26(10-15-29)35-33(39)24-7-12-28(13-8-24)43-30-17-19-38(20-18-30)21-22-41-3/h7-16,23,25,30H,5-6,17-22H2,1-4H3,(H,35,39)(H2,36,37,40). The molecule has 3 amide bonds. The summed E-state index contributed by atoms with van der Waals surface area (Å²) in [5.74, 6) is 2.09. The first kappa shape index (κ1) is 32.6. The Labute approximate surface area is 260 Å². The van der Waals surface area contributed by atoms with Crippen LogP contribution in [-0.2, 0) is 4.74 Å². The number of nitrogens with one attached hydrogen (secondary N) is 3. The number of amides is 3. The SMILES string of the molecule is CCC(CC)NC(=O)Nc1ccc(Oc2ccc(NC(=O)c3ccc(OC4CCN(CCOC)CC4)cc3)cc2)c(OC)c1. The van der Waals surface area contributed by atoms with Crippen molar-refractivity contribution in [1.29, 1.82) is 0 Å². The summed E-state index contributed by atoms with van der Waals surface area (Å²) in [4.78, 5) is 27.5. The highest BCUT2D eigenvalue weighted by Gasteiger charge is 2.20.